The van der Waals surface area contributed by atoms with Crippen LogP contribution in [0.2, 0.25) is 0 Å². The highest BCUT2D eigenvalue weighted by molar-refractivity contribution is 5.39. The van der Waals surface area contributed by atoms with Crippen LogP contribution in [0.3, 0.4) is 0 Å². The molecular formula is C17H22N2O. The molecule has 0 radical (unpaired) electrons. The van der Waals surface area contributed by atoms with Crippen LogP contribution in [0.5, 0.6) is 0 Å². The Hall–Kier alpha value is -1.87. The molecule has 3 heteroatoms. The van der Waals surface area contributed by atoms with Gasteiger partial charge in [0.25, 0.3) is 5.56 Å². The van der Waals surface area contributed by atoms with E-state index in [1.54, 1.807) is 16.7 Å². The van der Waals surface area contributed by atoms with Crippen LogP contribution in [0.25, 0.3) is 0 Å². The average molecular weight is 270 g/mol. The third-order valence-corrected chi connectivity index (χ3v) is 3.71. The minimum absolute atomic E-state index is 0.0372. The molecule has 3 nitrogen and oxygen atoms in total. The number of likely N-dealkylation sites (N-methyl/N-ethyl adjacent to an activating group) is 1. The third-order valence-electron chi connectivity index (χ3n) is 3.71. The van der Waals surface area contributed by atoms with Crippen LogP contribution in [0.15, 0.2) is 41.3 Å². The van der Waals surface area contributed by atoms with Gasteiger partial charge in [-0.2, -0.15) is 0 Å². The van der Waals surface area contributed by atoms with Crippen molar-refractivity contribution in [2.24, 2.45) is 0 Å². The molecule has 1 aromatic heterocycles. The van der Waals surface area contributed by atoms with E-state index >= 15 is 0 Å². The van der Waals surface area contributed by atoms with Gasteiger partial charge in [0.1, 0.15) is 0 Å². The Labute approximate surface area is 120 Å². The Balaban J connectivity index is 2.39. The van der Waals surface area contributed by atoms with Gasteiger partial charge in [0.15, 0.2) is 0 Å². The second kappa shape index (κ2) is 6.06. The van der Waals surface area contributed by atoms with Crippen molar-refractivity contribution in [3.8, 4) is 0 Å². The largest absolute Gasteiger partial charge is 0.314 e. The normalized spacial score (nSPS) is 12.4. The van der Waals surface area contributed by atoms with Crippen molar-refractivity contribution in [1.82, 2.24) is 9.88 Å². The lowest BCUT2D eigenvalue weighted by Gasteiger charge is -2.22. The lowest BCUT2D eigenvalue weighted by atomic mass is 9.94. The predicted molar refractivity (Wildman–Crippen MR) is 83.2 cm³/mol. The lowest BCUT2D eigenvalue weighted by molar-refractivity contribution is 0.487. The molecule has 1 unspecified atom stereocenters. The standard InChI is InChI=1S/C17H22N2O/c1-12-9-13(2)17(14(3)10-12)15(18-4)11-19-8-6-5-7-16(19)20/h5-10,15,18H,11H2,1-4H3. The maximum Gasteiger partial charge on any atom is 0.250 e. The number of nitrogens with one attached hydrogen (secondary N) is 1. The number of nitrogens with zero attached hydrogens (tertiary/aromatic N) is 1. The fraction of sp³-hybridized carbons (Fsp3) is 0.353. The van der Waals surface area contributed by atoms with Crippen LogP contribution in [-0.2, 0) is 6.54 Å². The Morgan fingerprint density at radius 2 is 1.80 bits per heavy atom. The molecule has 1 N–H and O–H groups in total. The van der Waals surface area contributed by atoms with Gasteiger partial charge >= 0.3 is 0 Å². The van der Waals surface area contributed by atoms with E-state index in [1.165, 1.54) is 22.3 Å². The van der Waals surface area contributed by atoms with E-state index in [4.69, 9.17) is 0 Å². The van der Waals surface area contributed by atoms with Crippen molar-refractivity contribution in [2.75, 3.05) is 7.05 Å². The fourth-order valence-corrected chi connectivity index (χ4v) is 2.88. The van der Waals surface area contributed by atoms with Crippen LogP contribution in [0.4, 0.5) is 0 Å². The third kappa shape index (κ3) is 2.99. The molecule has 0 amide bonds. The predicted octanol–water partition coefficient (Wildman–Crippen LogP) is 2.73. The summed E-state index contributed by atoms with van der Waals surface area (Å²) < 4.78 is 1.75. The molecule has 1 aromatic carbocycles. The molecule has 0 aliphatic heterocycles. The molecular weight excluding hydrogens is 248 g/mol. The van der Waals surface area contributed by atoms with E-state index in [-0.39, 0.29) is 11.6 Å². The summed E-state index contributed by atoms with van der Waals surface area (Å²) in [5.74, 6) is 0. The van der Waals surface area contributed by atoms with Crippen molar-refractivity contribution in [3.63, 3.8) is 0 Å². The van der Waals surface area contributed by atoms with Gasteiger partial charge in [0.2, 0.25) is 0 Å². The summed E-state index contributed by atoms with van der Waals surface area (Å²) in [6.07, 6.45) is 1.84. The van der Waals surface area contributed by atoms with Crippen LogP contribution in [0, 0.1) is 20.8 Å². The molecule has 0 saturated carbocycles. The molecule has 0 spiro atoms. The Bertz CT molecular complexity index is 635. The highest BCUT2D eigenvalue weighted by Crippen LogP contribution is 2.24. The van der Waals surface area contributed by atoms with E-state index in [2.05, 4.69) is 38.2 Å². The number of hydrogen-bond donors (Lipinski definition) is 1. The minimum atomic E-state index is 0.0372. The van der Waals surface area contributed by atoms with Crippen molar-refractivity contribution >= 4 is 0 Å². The van der Waals surface area contributed by atoms with Gasteiger partial charge in [-0.3, -0.25) is 4.79 Å². The Kier molecular flexibility index (Phi) is 4.40. The van der Waals surface area contributed by atoms with Crippen molar-refractivity contribution in [2.45, 2.75) is 33.4 Å². The zero-order valence-electron chi connectivity index (χ0n) is 12.6. The first-order valence-corrected chi connectivity index (χ1v) is 6.93. The van der Waals surface area contributed by atoms with Gasteiger partial charge in [0, 0.05) is 18.8 Å². The van der Waals surface area contributed by atoms with E-state index in [1.807, 2.05) is 19.3 Å². The topological polar surface area (TPSA) is 34.0 Å². The van der Waals surface area contributed by atoms with Crippen LogP contribution < -0.4 is 10.9 Å². The van der Waals surface area contributed by atoms with Gasteiger partial charge < -0.3 is 9.88 Å². The van der Waals surface area contributed by atoms with Gasteiger partial charge in [-0.05, 0) is 50.6 Å². The summed E-state index contributed by atoms with van der Waals surface area (Å²) in [7, 11) is 1.94. The van der Waals surface area contributed by atoms with E-state index < -0.39 is 0 Å². The van der Waals surface area contributed by atoms with Crippen LogP contribution in [-0.4, -0.2) is 11.6 Å². The summed E-state index contributed by atoms with van der Waals surface area (Å²) >= 11 is 0. The molecule has 0 bridgehead atoms. The number of benzene rings is 1. The SMILES string of the molecule is CNC(Cn1ccccc1=O)c1c(C)cc(C)cc1C. The first-order chi connectivity index (χ1) is 9.52. The second-order valence-corrected chi connectivity index (χ2v) is 5.34. The van der Waals surface area contributed by atoms with Crippen molar-refractivity contribution in [3.05, 3.63) is 69.1 Å². The van der Waals surface area contributed by atoms with E-state index in [0.717, 1.165) is 0 Å². The first kappa shape index (κ1) is 14.5. The summed E-state index contributed by atoms with van der Waals surface area (Å²) in [5, 5.41) is 3.34. The Morgan fingerprint density at radius 3 is 2.35 bits per heavy atom. The van der Waals surface area contributed by atoms with Crippen LogP contribution in [0.1, 0.15) is 28.3 Å². The number of aryl methyl sites for hydroxylation is 3. The minimum Gasteiger partial charge on any atom is -0.314 e. The first-order valence-electron chi connectivity index (χ1n) is 6.93. The molecule has 2 rings (SSSR count). The van der Waals surface area contributed by atoms with Gasteiger partial charge in [-0.25, -0.2) is 0 Å². The molecule has 20 heavy (non-hydrogen) atoms. The molecule has 1 heterocycles. The summed E-state index contributed by atoms with van der Waals surface area (Å²) in [5.41, 5.74) is 5.14. The van der Waals surface area contributed by atoms with E-state index in [9.17, 15) is 4.79 Å². The van der Waals surface area contributed by atoms with Gasteiger partial charge in [0.05, 0.1) is 6.04 Å². The maximum absolute atomic E-state index is 11.9. The highest BCUT2D eigenvalue weighted by Gasteiger charge is 2.15. The fourth-order valence-electron chi connectivity index (χ4n) is 2.88. The van der Waals surface area contributed by atoms with Crippen molar-refractivity contribution < 1.29 is 0 Å². The summed E-state index contributed by atoms with van der Waals surface area (Å²) in [4.78, 5) is 11.9. The molecule has 2 aromatic rings. The number of pyridine rings is 1. The van der Waals surface area contributed by atoms with Gasteiger partial charge in [-0.1, -0.05) is 23.8 Å². The lowest BCUT2D eigenvalue weighted by Crippen LogP contribution is -2.28. The smallest absolute Gasteiger partial charge is 0.250 e. The van der Waals surface area contributed by atoms with Crippen molar-refractivity contribution in [1.29, 1.82) is 0 Å². The monoisotopic (exact) mass is 270 g/mol. The highest BCUT2D eigenvalue weighted by atomic mass is 16.1. The Morgan fingerprint density at radius 1 is 1.15 bits per heavy atom. The molecule has 0 aliphatic carbocycles. The molecule has 1 atom stereocenters. The zero-order valence-corrected chi connectivity index (χ0v) is 12.6. The quantitative estimate of drug-likeness (QED) is 0.927. The number of hydrogen-bond acceptors (Lipinski definition) is 2. The van der Waals surface area contributed by atoms with E-state index in [0.29, 0.717) is 6.54 Å². The van der Waals surface area contributed by atoms with Gasteiger partial charge in [-0.15, -0.1) is 0 Å². The molecule has 0 aliphatic rings. The molecule has 106 valence electrons. The summed E-state index contributed by atoms with van der Waals surface area (Å²) in [6, 6.07) is 9.79. The number of rotatable bonds is 4. The second-order valence-electron chi connectivity index (χ2n) is 5.34. The zero-order chi connectivity index (χ0) is 14.7. The molecule has 0 fully saturated rings. The molecule has 0 saturated heterocycles. The maximum atomic E-state index is 11.9. The summed E-state index contributed by atoms with van der Waals surface area (Å²) in [6.45, 7) is 7.02. The van der Waals surface area contributed by atoms with Crippen LogP contribution >= 0.6 is 0 Å². The average Bonchev–Trinajstić information content (AvgIpc) is 2.38. The number of aromatic nitrogens is 1.